The standard InChI is InChI=1S/C21H24N4O2/c1-2-7-15-12-17(23-26-15)21-22-20(24-27-21)16-13-19(14-8-4-3-5-9-14)25-11-6-10-18(16)25/h3-5,8-9,12,16,18-19H,2,6-7,10-11,13H2,1H3/t16-,18+,19-/m0/s1. The van der Waals surface area contributed by atoms with Gasteiger partial charge in [-0.1, -0.05) is 47.6 Å². The molecule has 0 aliphatic carbocycles. The van der Waals surface area contributed by atoms with Crippen molar-refractivity contribution in [3.8, 4) is 11.6 Å². The SMILES string of the molecule is CCCc1cc(-c2nc([C@H]3C[C@@H](c4ccccc4)N4CCC[C@H]34)no2)no1. The summed E-state index contributed by atoms with van der Waals surface area (Å²) in [7, 11) is 0. The van der Waals surface area contributed by atoms with Crippen LogP contribution in [0.5, 0.6) is 0 Å². The summed E-state index contributed by atoms with van der Waals surface area (Å²) in [5.74, 6) is 2.43. The molecule has 0 unspecified atom stereocenters. The van der Waals surface area contributed by atoms with Gasteiger partial charge < -0.3 is 9.05 Å². The van der Waals surface area contributed by atoms with Crippen LogP contribution in [0.15, 0.2) is 45.4 Å². The van der Waals surface area contributed by atoms with Crippen molar-refractivity contribution in [2.75, 3.05) is 6.54 Å². The van der Waals surface area contributed by atoms with Gasteiger partial charge in [-0.3, -0.25) is 4.90 Å². The molecular weight excluding hydrogens is 340 g/mol. The lowest BCUT2D eigenvalue weighted by Gasteiger charge is -2.24. The Morgan fingerprint density at radius 3 is 2.89 bits per heavy atom. The molecule has 0 amide bonds. The van der Waals surface area contributed by atoms with Crippen molar-refractivity contribution in [3.05, 3.63) is 53.5 Å². The molecule has 140 valence electrons. The molecule has 5 rings (SSSR count). The zero-order valence-electron chi connectivity index (χ0n) is 15.5. The number of hydrogen-bond donors (Lipinski definition) is 0. The topological polar surface area (TPSA) is 68.2 Å². The summed E-state index contributed by atoms with van der Waals surface area (Å²) < 4.78 is 10.9. The summed E-state index contributed by atoms with van der Waals surface area (Å²) >= 11 is 0. The number of nitrogens with zero attached hydrogens (tertiary/aromatic N) is 4. The fourth-order valence-corrected chi connectivity index (χ4v) is 4.71. The summed E-state index contributed by atoms with van der Waals surface area (Å²) in [5, 5.41) is 8.42. The number of benzene rings is 1. The smallest absolute Gasteiger partial charge is 0.280 e. The molecule has 2 saturated heterocycles. The third kappa shape index (κ3) is 2.98. The molecule has 2 fully saturated rings. The Morgan fingerprint density at radius 1 is 1.15 bits per heavy atom. The van der Waals surface area contributed by atoms with Crippen LogP contribution in [0.3, 0.4) is 0 Å². The second-order valence-electron chi connectivity index (χ2n) is 7.60. The van der Waals surface area contributed by atoms with Crippen molar-refractivity contribution in [2.24, 2.45) is 0 Å². The maximum Gasteiger partial charge on any atom is 0.280 e. The second-order valence-corrected chi connectivity index (χ2v) is 7.60. The van der Waals surface area contributed by atoms with Gasteiger partial charge in [-0.2, -0.15) is 4.98 Å². The van der Waals surface area contributed by atoms with Gasteiger partial charge in [0.1, 0.15) is 5.76 Å². The van der Waals surface area contributed by atoms with E-state index in [0.717, 1.165) is 37.4 Å². The maximum atomic E-state index is 5.54. The molecule has 0 radical (unpaired) electrons. The van der Waals surface area contributed by atoms with Gasteiger partial charge in [0.15, 0.2) is 11.5 Å². The fourth-order valence-electron chi connectivity index (χ4n) is 4.71. The molecule has 2 aliphatic rings. The van der Waals surface area contributed by atoms with Crippen LogP contribution >= 0.6 is 0 Å². The van der Waals surface area contributed by atoms with E-state index in [0.29, 0.717) is 29.6 Å². The van der Waals surface area contributed by atoms with Crippen LogP contribution in [-0.2, 0) is 6.42 Å². The van der Waals surface area contributed by atoms with Crippen molar-refractivity contribution in [2.45, 2.75) is 57.0 Å². The predicted molar refractivity (Wildman–Crippen MR) is 100 cm³/mol. The van der Waals surface area contributed by atoms with Gasteiger partial charge >= 0.3 is 0 Å². The van der Waals surface area contributed by atoms with Crippen molar-refractivity contribution in [1.29, 1.82) is 0 Å². The molecule has 6 heteroatoms. The molecule has 27 heavy (non-hydrogen) atoms. The van der Waals surface area contributed by atoms with Crippen LogP contribution in [0.1, 0.15) is 61.7 Å². The zero-order valence-corrected chi connectivity index (χ0v) is 15.5. The van der Waals surface area contributed by atoms with E-state index in [1.54, 1.807) is 0 Å². The lowest BCUT2D eigenvalue weighted by molar-refractivity contribution is 0.243. The van der Waals surface area contributed by atoms with Gasteiger partial charge in [0.05, 0.1) is 0 Å². The minimum absolute atomic E-state index is 0.303. The minimum atomic E-state index is 0.303. The van der Waals surface area contributed by atoms with E-state index in [1.807, 2.05) is 6.07 Å². The average Bonchev–Trinajstić information content (AvgIpc) is 3.46. The monoisotopic (exact) mass is 364 g/mol. The van der Waals surface area contributed by atoms with E-state index in [9.17, 15) is 0 Å². The average molecular weight is 364 g/mol. The van der Waals surface area contributed by atoms with Crippen molar-refractivity contribution >= 4 is 0 Å². The van der Waals surface area contributed by atoms with Gasteiger partial charge in [0, 0.05) is 30.5 Å². The summed E-state index contributed by atoms with van der Waals surface area (Å²) in [5.41, 5.74) is 2.02. The summed E-state index contributed by atoms with van der Waals surface area (Å²) in [6, 6.07) is 13.6. The van der Waals surface area contributed by atoms with Gasteiger partial charge in [0.2, 0.25) is 0 Å². The maximum absolute atomic E-state index is 5.54. The summed E-state index contributed by atoms with van der Waals surface area (Å²) in [6.07, 6.45) is 5.35. The number of fused-ring (bicyclic) bond motifs is 1. The van der Waals surface area contributed by atoms with Crippen LogP contribution in [0.25, 0.3) is 11.6 Å². The first-order valence-electron chi connectivity index (χ1n) is 9.93. The van der Waals surface area contributed by atoms with E-state index in [4.69, 9.17) is 14.0 Å². The summed E-state index contributed by atoms with van der Waals surface area (Å²) in [6.45, 7) is 3.26. The number of aryl methyl sites for hydroxylation is 1. The minimum Gasteiger partial charge on any atom is -0.361 e. The number of aromatic nitrogens is 3. The Hall–Kier alpha value is -2.47. The van der Waals surface area contributed by atoms with E-state index >= 15 is 0 Å². The Morgan fingerprint density at radius 2 is 2.04 bits per heavy atom. The molecule has 6 nitrogen and oxygen atoms in total. The first kappa shape index (κ1) is 16.7. The molecule has 0 bridgehead atoms. The highest BCUT2D eigenvalue weighted by atomic mass is 16.5. The van der Waals surface area contributed by atoms with Gasteiger partial charge in [-0.25, -0.2) is 0 Å². The highest BCUT2D eigenvalue weighted by Gasteiger charge is 2.46. The van der Waals surface area contributed by atoms with E-state index in [-0.39, 0.29) is 0 Å². The molecule has 2 aromatic heterocycles. The summed E-state index contributed by atoms with van der Waals surface area (Å²) in [4.78, 5) is 7.33. The predicted octanol–water partition coefficient (Wildman–Crippen LogP) is 4.37. The second kappa shape index (κ2) is 6.93. The van der Waals surface area contributed by atoms with Gasteiger partial charge in [-0.15, -0.1) is 0 Å². The van der Waals surface area contributed by atoms with E-state index in [2.05, 4.69) is 52.5 Å². The lowest BCUT2D eigenvalue weighted by atomic mass is 9.94. The molecule has 3 aromatic rings. The quantitative estimate of drug-likeness (QED) is 0.670. The number of hydrogen-bond acceptors (Lipinski definition) is 6. The Bertz CT molecular complexity index is 904. The fraction of sp³-hybridized carbons (Fsp3) is 0.476. The lowest BCUT2D eigenvalue weighted by Crippen LogP contribution is -2.27. The third-order valence-corrected chi connectivity index (χ3v) is 5.92. The zero-order chi connectivity index (χ0) is 18.2. The number of rotatable bonds is 5. The molecule has 0 spiro atoms. The highest BCUT2D eigenvalue weighted by molar-refractivity contribution is 5.46. The first-order chi connectivity index (χ1) is 13.3. The van der Waals surface area contributed by atoms with E-state index < -0.39 is 0 Å². The third-order valence-electron chi connectivity index (χ3n) is 5.92. The largest absolute Gasteiger partial charge is 0.361 e. The van der Waals surface area contributed by atoms with Crippen molar-refractivity contribution < 1.29 is 9.05 Å². The van der Waals surface area contributed by atoms with Crippen LogP contribution in [0.2, 0.25) is 0 Å². The van der Waals surface area contributed by atoms with Crippen molar-refractivity contribution in [1.82, 2.24) is 20.2 Å². The molecule has 1 aromatic carbocycles. The van der Waals surface area contributed by atoms with Crippen LogP contribution in [0, 0.1) is 0 Å². The van der Waals surface area contributed by atoms with Gasteiger partial charge in [-0.05, 0) is 37.8 Å². The normalized spacial score (nSPS) is 25.1. The highest BCUT2D eigenvalue weighted by Crippen LogP contribution is 2.48. The molecule has 0 N–H and O–H groups in total. The molecular formula is C21H24N4O2. The molecule has 2 aliphatic heterocycles. The van der Waals surface area contributed by atoms with Crippen molar-refractivity contribution in [3.63, 3.8) is 0 Å². The Kier molecular flexibility index (Phi) is 4.28. The molecule has 3 atom stereocenters. The first-order valence-corrected chi connectivity index (χ1v) is 9.93. The van der Waals surface area contributed by atoms with Gasteiger partial charge in [0.25, 0.3) is 5.89 Å². The molecule has 0 saturated carbocycles. The Balaban J connectivity index is 1.40. The Labute approximate surface area is 158 Å². The van der Waals surface area contributed by atoms with Crippen LogP contribution in [0.4, 0.5) is 0 Å². The van der Waals surface area contributed by atoms with Crippen LogP contribution < -0.4 is 0 Å². The van der Waals surface area contributed by atoms with Crippen LogP contribution in [-0.4, -0.2) is 32.8 Å². The molecule has 4 heterocycles. The van der Waals surface area contributed by atoms with E-state index in [1.165, 1.54) is 18.4 Å².